The molecule has 0 aromatic rings. The van der Waals surface area contributed by atoms with Crippen LogP contribution >= 0.6 is 0 Å². The van der Waals surface area contributed by atoms with Gasteiger partial charge in [0.05, 0.1) is 11.7 Å². The molecule has 0 radical (unpaired) electrons. The van der Waals surface area contributed by atoms with E-state index in [1.807, 2.05) is 0 Å². The Labute approximate surface area is 133 Å². The van der Waals surface area contributed by atoms with Crippen molar-refractivity contribution < 1.29 is 24.5 Å². The maximum Gasteiger partial charge on any atom is 0.314 e. The quantitative estimate of drug-likeness (QED) is 0.639. The van der Waals surface area contributed by atoms with Crippen molar-refractivity contribution in [3.05, 3.63) is 0 Å². The standard InChI is InChI=1S/C17H30O5/c1-11(6-5-9-17(2,3)22-4)10-14(18)12-7-8-13(15(12)19)16(20)21/h11-14,18H,5-10H2,1-4H3,(H,20,21). The predicted molar refractivity (Wildman–Crippen MR) is 83.6 cm³/mol. The van der Waals surface area contributed by atoms with Crippen LogP contribution in [0.1, 0.15) is 59.3 Å². The molecule has 0 aromatic carbocycles. The Balaban J connectivity index is 2.37. The summed E-state index contributed by atoms with van der Waals surface area (Å²) in [5.41, 5.74) is -0.130. The minimum atomic E-state index is -1.06. The molecule has 1 aliphatic carbocycles. The molecule has 1 fully saturated rings. The zero-order chi connectivity index (χ0) is 16.9. The molecule has 1 saturated carbocycles. The first-order valence-corrected chi connectivity index (χ1v) is 8.17. The number of aliphatic hydroxyl groups is 1. The molecule has 4 atom stereocenters. The number of rotatable bonds is 9. The van der Waals surface area contributed by atoms with E-state index in [-0.39, 0.29) is 11.4 Å². The van der Waals surface area contributed by atoms with Crippen molar-refractivity contribution in [2.45, 2.75) is 71.0 Å². The lowest BCUT2D eigenvalue weighted by molar-refractivity contribution is -0.146. The monoisotopic (exact) mass is 314 g/mol. The topological polar surface area (TPSA) is 83.8 Å². The molecule has 2 N–H and O–H groups in total. The van der Waals surface area contributed by atoms with Crippen LogP contribution in [0.4, 0.5) is 0 Å². The Morgan fingerprint density at radius 3 is 2.55 bits per heavy atom. The summed E-state index contributed by atoms with van der Waals surface area (Å²) in [5.74, 6) is -2.47. The van der Waals surface area contributed by atoms with Gasteiger partial charge in [-0.15, -0.1) is 0 Å². The maximum absolute atomic E-state index is 12.0. The van der Waals surface area contributed by atoms with E-state index in [2.05, 4.69) is 20.8 Å². The average molecular weight is 314 g/mol. The van der Waals surface area contributed by atoms with Gasteiger partial charge in [-0.1, -0.05) is 19.8 Å². The molecule has 0 saturated heterocycles. The van der Waals surface area contributed by atoms with Crippen LogP contribution in [0.3, 0.4) is 0 Å². The van der Waals surface area contributed by atoms with Crippen molar-refractivity contribution in [3.63, 3.8) is 0 Å². The number of hydrogen-bond donors (Lipinski definition) is 2. The third kappa shape index (κ3) is 5.36. The predicted octanol–water partition coefficient (Wildman–Crippen LogP) is 2.65. The Hall–Kier alpha value is -0.940. The highest BCUT2D eigenvalue weighted by Crippen LogP contribution is 2.33. The van der Waals surface area contributed by atoms with Crippen molar-refractivity contribution in [2.75, 3.05) is 7.11 Å². The molecule has 0 aliphatic heterocycles. The summed E-state index contributed by atoms with van der Waals surface area (Å²) < 4.78 is 5.38. The number of methoxy groups -OCH3 is 1. The number of Topliss-reactive ketones (excluding diaryl/α,β-unsaturated/α-hetero) is 1. The fourth-order valence-corrected chi connectivity index (χ4v) is 3.19. The molecule has 0 heterocycles. The smallest absolute Gasteiger partial charge is 0.314 e. The van der Waals surface area contributed by atoms with E-state index in [4.69, 9.17) is 9.84 Å². The van der Waals surface area contributed by atoms with Crippen LogP contribution in [0.25, 0.3) is 0 Å². The Kier molecular flexibility index (Phi) is 7.00. The van der Waals surface area contributed by atoms with E-state index in [1.54, 1.807) is 7.11 Å². The van der Waals surface area contributed by atoms with E-state index >= 15 is 0 Å². The number of aliphatic hydroxyl groups excluding tert-OH is 1. The molecule has 0 amide bonds. The lowest BCUT2D eigenvalue weighted by Gasteiger charge is -2.24. The second-order valence-corrected chi connectivity index (χ2v) is 7.24. The van der Waals surface area contributed by atoms with Crippen LogP contribution in [0.15, 0.2) is 0 Å². The van der Waals surface area contributed by atoms with Gasteiger partial charge in [-0.2, -0.15) is 0 Å². The summed E-state index contributed by atoms with van der Waals surface area (Å²) in [5, 5.41) is 19.2. The van der Waals surface area contributed by atoms with Gasteiger partial charge in [-0.3, -0.25) is 9.59 Å². The van der Waals surface area contributed by atoms with E-state index in [1.165, 1.54) is 0 Å². The second kappa shape index (κ2) is 8.06. The number of ketones is 1. The van der Waals surface area contributed by atoms with E-state index in [0.717, 1.165) is 19.3 Å². The van der Waals surface area contributed by atoms with Gasteiger partial charge in [0, 0.05) is 13.0 Å². The van der Waals surface area contributed by atoms with Crippen LogP contribution in [-0.4, -0.2) is 40.8 Å². The Bertz CT molecular complexity index is 391. The molecule has 5 heteroatoms. The molecule has 4 unspecified atom stereocenters. The summed E-state index contributed by atoms with van der Waals surface area (Å²) in [4.78, 5) is 22.9. The number of aliphatic carboxylic acids is 1. The Morgan fingerprint density at radius 1 is 1.41 bits per heavy atom. The molecule has 5 nitrogen and oxygen atoms in total. The van der Waals surface area contributed by atoms with Gasteiger partial charge in [-0.25, -0.2) is 0 Å². The van der Waals surface area contributed by atoms with Crippen molar-refractivity contribution in [2.24, 2.45) is 17.8 Å². The lowest BCUT2D eigenvalue weighted by atomic mass is 9.88. The van der Waals surface area contributed by atoms with Crippen LogP contribution < -0.4 is 0 Å². The van der Waals surface area contributed by atoms with Crippen molar-refractivity contribution in [1.82, 2.24) is 0 Å². The molecule has 0 aromatic heterocycles. The van der Waals surface area contributed by atoms with Crippen LogP contribution in [0.2, 0.25) is 0 Å². The van der Waals surface area contributed by atoms with Gasteiger partial charge in [-0.05, 0) is 45.4 Å². The van der Waals surface area contributed by atoms with Crippen molar-refractivity contribution in [3.8, 4) is 0 Å². The summed E-state index contributed by atoms with van der Waals surface area (Å²) in [6, 6.07) is 0. The number of ether oxygens (including phenoxy) is 1. The maximum atomic E-state index is 12.0. The van der Waals surface area contributed by atoms with Gasteiger partial charge in [0.25, 0.3) is 0 Å². The van der Waals surface area contributed by atoms with E-state index in [9.17, 15) is 14.7 Å². The third-order valence-electron chi connectivity index (χ3n) is 4.91. The first-order valence-electron chi connectivity index (χ1n) is 8.17. The van der Waals surface area contributed by atoms with Crippen LogP contribution in [-0.2, 0) is 14.3 Å². The number of carbonyl (C=O) groups is 2. The molecule has 0 spiro atoms. The number of carboxylic acids is 1. The molecule has 22 heavy (non-hydrogen) atoms. The van der Waals surface area contributed by atoms with Gasteiger partial charge in [0.15, 0.2) is 5.78 Å². The Morgan fingerprint density at radius 2 is 2.05 bits per heavy atom. The molecule has 128 valence electrons. The van der Waals surface area contributed by atoms with Gasteiger partial charge >= 0.3 is 5.97 Å². The first-order chi connectivity index (χ1) is 10.2. The number of hydrogen-bond acceptors (Lipinski definition) is 4. The van der Waals surface area contributed by atoms with Crippen molar-refractivity contribution >= 4 is 11.8 Å². The normalized spacial score (nSPS) is 25.2. The fraction of sp³-hybridized carbons (Fsp3) is 0.882. The number of carboxylic acid groups (broad SMARTS) is 1. The van der Waals surface area contributed by atoms with Crippen molar-refractivity contribution in [1.29, 1.82) is 0 Å². The van der Waals surface area contributed by atoms with Crippen LogP contribution in [0.5, 0.6) is 0 Å². The largest absolute Gasteiger partial charge is 0.481 e. The number of carbonyl (C=O) groups excluding carboxylic acids is 1. The highest BCUT2D eigenvalue weighted by Gasteiger charge is 2.42. The molecule has 1 rings (SSSR count). The highest BCUT2D eigenvalue weighted by atomic mass is 16.5. The van der Waals surface area contributed by atoms with Gasteiger partial charge in [0.2, 0.25) is 0 Å². The highest BCUT2D eigenvalue weighted by molar-refractivity contribution is 6.01. The molecule has 1 aliphatic rings. The fourth-order valence-electron chi connectivity index (χ4n) is 3.19. The van der Waals surface area contributed by atoms with Gasteiger partial charge < -0.3 is 14.9 Å². The molecular formula is C17H30O5. The first kappa shape index (κ1) is 19.1. The summed E-state index contributed by atoms with van der Waals surface area (Å²) in [6.07, 6.45) is 3.59. The summed E-state index contributed by atoms with van der Waals surface area (Å²) >= 11 is 0. The average Bonchev–Trinajstić information content (AvgIpc) is 2.80. The van der Waals surface area contributed by atoms with E-state index < -0.39 is 23.9 Å². The van der Waals surface area contributed by atoms with Gasteiger partial charge in [0.1, 0.15) is 5.92 Å². The van der Waals surface area contributed by atoms with E-state index in [0.29, 0.717) is 25.2 Å². The molecular weight excluding hydrogens is 284 g/mol. The minimum Gasteiger partial charge on any atom is -0.481 e. The summed E-state index contributed by atoms with van der Waals surface area (Å²) in [7, 11) is 1.71. The minimum absolute atomic E-state index is 0.130. The second-order valence-electron chi connectivity index (χ2n) is 7.24. The zero-order valence-corrected chi connectivity index (χ0v) is 14.2. The SMILES string of the molecule is COC(C)(C)CCCC(C)CC(O)C1CCC(C(=O)O)C1=O. The van der Waals surface area contributed by atoms with Crippen LogP contribution in [0, 0.1) is 17.8 Å². The third-order valence-corrected chi connectivity index (χ3v) is 4.91. The zero-order valence-electron chi connectivity index (χ0n) is 14.2. The molecule has 0 bridgehead atoms. The lowest BCUT2D eigenvalue weighted by Crippen LogP contribution is -2.30. The summed E-state index contributed by atoms with van der Waals surface area (Å²) in [6.45, 7) is 6.17.